The standard InChI is InChI=1S/C13H10BrClN2O2/c1-3-11(19-15)12-16-10-7-8(14)5-6-9(10)13(18)17(12)4-2/h3-7H,2H2,1H3/b11-3+. The lowest BCUT2D eigenvalue weighted by atomic mass is 10.2. The van der Waals surface area contributed by atoms with Gasteiger partial charge < -0.3 is 4.29 Å². The van der Waals surface area contributed by atoms with Crippen LogP contribution in [0.5, 0.6) is 0 Å². The van der Waals surface area contributed by atoms with E-state index >= 15 is 0 Å². The first kappa shape index (κ1) is 13.8. The minimum atomic E-state index is -0.226. The van der Waals surface area contributed by atoms with Crippen LogP contribution >= 0.6 is 27.8 Å². The van der Waals surface area contributed by atoms with E-state index in [-0.39, 0.29) is 5.56 Å². The number of nitrogens with zero attached hydrogens (tertiary/aromatic N) is 2. The van der Waals surface area contributed by atoms with Crippen molar-refractivity contribution in [1.29, 1.82) is 0 Å². The number of allylic oxidation sites excluding steroid dienone is 1. The molecule has 0 radical (unpaired) electrons. The Kier molecular flexibility index (Phi) is 4.07. The molecule has 2 rings (SSSR count). The molecule has 0 fully saturated rings. The number of aromatic nitrogens is 2. The maximum Gasteiger partial charge on any atom is 0.265 e. The summed E-state index contributed by atoms with van der Waals surface area (Å²) >= 11 is 8.75. The van der Waals surface area contributed by atoms with E-state index in [9.17, 15) is 4.79 Å². The van der Waals surface area contributed by atoms with Gasteiger partial charge in [-0.2, -0.15) is 0 Å². The summed E-state index contributed by atoms with van der Waals surface area (Å²) in [5.41, 5.74) is 0.330. The Balaban J connectivity index is 2.91. The predicted octanol–water partition coefficient (Wildman–Crippen LogP) is 3.79. The molecule has 98 valence electrons. The molecule has 0 amide bonds. The highest BCUT2D eigenvalue weighted by Crippen LogP contribution is 2.20. The summed E-state index contributed by atoms with van der Waals surface area (Å²) in [7, 11) is 0. The van der Waals surface area contributed by atoms with E-state index in [1.807, 2.05) is 0 Å². The largest absolute Gasteiger partial charge is 0.382 e. The van der Waals surface area contributed by atoms with E-state index in [0.29, 0.717) is 22.5 Å². The molecule has 2 aromatic rings. The molecule has 0 atom stereocenters. The van der Waals surface area contributed by atoms with Gasteiger partial charge in [-0.3, -0.25) is 9.36 Å². The summed E-state index contributed by atoms with van der Waals surface area (Å²) in [5, 5.41) is 0.497. The van der Waals surface area contributed by atoms with Gasteiger partial charge >= 0.3 is 0 Å². The van der Waals surface area contributed by atoms with Crippen molar-refractivity contribution in [2.45, 2.75) is 6.92 Å². The summed E-state index contributed by atoms with van der Waals surface area (Å²) in [5.74, 6) is 0.601. The van der Waals surface area contributed by atoms with E-state index in [2.05, 4.69) is 27.5 Å². The number of benzene rings is 1. The van der Waals surface area contributed by atoms with E-state index < -0.39 is 0 Å². The smallest absolute Gasteiger partial charge is 0.265 e. The molecule has 0 aliphatic rings. The van der Waals surface area contributed by atoms with Crippen LogP contribution in [0.3, 0.4) is 0 Å². The summed E-state index contributed by atoms with van der Waals surface area (Å²) < 4.78 is 6.85. The van der Waals surface area contributed by atoms with Crippen LogP contribution in [0.4, 0.5) is 0 Å². The quantitative estimate of drug-likeness (QED) is 0.798. The fourth-order valence-corrected chi connectivity index (χ4v) is 2.23. The molecule has 0 N–H and O–H groups in total. The summed E-state index contributed by atoms with van der Waals surface area (Å²) in [6.07, 6.45) is 3.00. The highest BCUT2D eigenvalue weighted by Gasteiger charge is 2.14. The van der Waals surface area contributed by atoms with Crippen LogP contribution in [0.1, 0.15) is 12.7 Å². The summed E-state index contributed by atoms with van der Waals surface area (Å²) in [6.45, 7) is 5.35. The zero-order valence-corrected chi connectivity index (χ0v) is 12.4. The van der Waals surface area contributed by atoms with Crippen molar-refractivity contribution in [3.8, 4) is 0 Å². The molecular formula is C13H10BrClN2O2. The van der Waals surface area contributed by atoms with Gasteiger partial charge in [-0.25, -0.2) is 4.98 Å². The van der Waals surface area contributed by atoms with Gasteiger partial charge in [0.2, 0.25) is 0 Å². The lowest BCUT2D eigenvalue weighted by molar-refractivity contribution is 0.562. The van der Waals surface area contributed by atoms with Gasteiger partial charge in [-0.1, -0.05) is 22.5 Å². The highest BCUT2D eigenvalue weighted by molar-refractivity contribution is 9.10. The van der Waals surface area contributed by atoms with Gasteiger partial charge in [-0.15, -0.1) is 0 Å². The molecule has 19 heavy (non-hydrogen) atoms. The van der Waals surface area contributed by atoms with E-state index in [0.717, 1.165) is 4.47 Å². The second-order valence-corrected chi connectivity index (χ2v) is 4.75. The van der Waals surface area contributed by atoms with Gasteiger partial charge in [0, 0.05) is 10.7 Å². The number of halogens is 2. The minimum absolute atomic E-state index is 0.226. The lowest BCUT2D eigenvalue weighted by Crippen LogP contribution is -2.21. The van der Waals surface area contributed by atoms with Crippen LogP contribution in [-0.4, -0.2) is 9.55 Å². The molecule has 0 saturated carbocycles. The van der Waals surface area contributed by atoms with Gasteiger partial charge in [0.1, 0.15) is 11.9 Å². The topological polar surface area (TPSA) is 44.1 Å². The van der Waals surface area contributed by atoms with E-state index in [1.165, 1.54) is 10.8 Å². The third kappa shape index (κ3) is 2.43. The first-order chi connectivity index (χ1) is 9.12. The number of hydrogen-bond donors (Lipinski definition) is 0. The molecule has 1 aromatic carbocycles. The SMILES string of the molecule is C=Cn1c(/C(=C\C)OCl)nc2cc(Br)ccc2c1=O. The van der Waals surface area contributed by atoms with Crippen LogP contribution in [0.25, 0.3) is 22.9 Å². The number of fused-ring (bicyclic) bond motifs is 1. The monoisotopic (exact) mass is 340 g/mol. The molecule has 0 bridgehead atoms. The van der Waals surface area contributed by atoms with Gasteiger partial charge in [0.25, 0.3) is 5.56 Å². The Morgan fingerprint density at radius 2 is 2.32 bits per heavy atom. The average Bonchev–Trinajstić information content (AvgIpc) is 2.40. The second kappa shape index (κ2) is 5.59. The summed E-state index contributed by atoms with van der Waals surface area (Å²) in [6, 6.07) is 5.25. The molecule has 0 spiro atoms. The Morgan fingerprint density at radius 1 is 1.58 bits per heavy atom. The van der Waals surface area contributed by atoms with Crippen molar-refractivity contribution < 1.29 is 4.29 Å². The first-order valence-electron chi connectivity index (χ1n) is 5.42. The predicted molar refractivity (Wildman–Crippen MR) is 80.7 cm³/mol. The van der Waals surface area contributed by atoms with Crippen molar-refractivity contribution in [3.63, 3.8) is 0 Å². The molecular weight excluding hydrogens is 332 g/mol. The first-order valence-corrected chi connectivity index (χ1v) is 6.52. The van der Waals surface area contributed by atoms with E-state index in [1.54, 1.807) is 31.2 Å². The fourth-order valence-electron chi connectivity index (χ4n) is 1.72. The lowest BCUT2D eigenvalue weighted by Gasteiger charge is -2.10. The van der Waals surface area contributed by atoms with Crippen LogP contribution < -0.4 is 5.56 Å². The maximum atomic E-state index is 12.3. The van der Waals surface area contributed by atoms with Crippen LogP contribution in [0, 0.1) is 0 Å². The van der Waals surface area contributed by atoms with Crippen molar-refractivity contribution in [2.24, 2.45) is 0 Å². The molecule has 0 aliphatic carbocycles. The Labute approximate surface area is 123 Å². The van der Waals surface area contributed by atoms with Gasteiger partial charge in [0.05, 0.1) is 10.9 Å². The normalized spacial score (nSPS) is 11.6. The zero-order chi connectivity index (χ0) is 14.0. The van der Waals surface area contributed by atoms with Crippen LogP contribution in [0.2, 0.25) is 0 Å². The van der Waals surface area contributed by atoms with Crippen LogP contribution in [0.15, 0.2) is 40.1 Å². The molecule has 1 aromatic heterocycles. The van der Waals surface area contributed by atoms with Crippen molar-refractivity contribution in [2.75, 3.05) is 0 Å². The molecule has 0 aliphatic heterocycles. The summed E-state index contributed by atoms with van der Waals surface area (Å²) in [4.78, 5) is 16.7. The third-order valence-corrected chi connectivity index (χ3v) is 3.27. The molecule has 6 heteroatoms. The fraction of sp³-hybridized carbons (Fsp3) is 0.0769. The Hall–Kier alpha value is -1.59. The highest BCUT2D eigenvalue weighted by atomic mass is 79.9. The van der Waals surface area contributed by atoms with Gasteiger partial charge in [-0.05, 0) is 31.2 Å². The van der Waals surface area contributed by atoms with Gasteiger partial charge in [0.15, 0.2) is 11.6 Å². The average molecular weight is 342 g/mol. The maximum absolute atomic E-state index is 12.3. The number of hydrogen-bond acceptors (Lipinski definition) is 3. The van der Waals surface area contributed by atoms with Crippen molar-refractivity contribution in [3.05, 3.63) is 51.5 Å². The number of rotatable bonds is 3. The molecule has 1 heterocycles. The molecule has 0 unspecified atom stereocenters. The van der Waals surface area contributed by atoms with Crippen molar-refractivity contribution in [1.82, 2.24) is 9.55 Å². The van der Waals surface area contributed by atoms with Crippen molar-refractivity contribution >= 4 is 50.7 Å². The molecule has 4 nitrogen and oxygen atoms in total. The van der Waals surface area contributed by atoms with E-state index in [4.69, 9.17) is 16.2 Å². The minimum Gasteiger partial charge on any atom is -0.382 e. The van der Waals surface area contributed by atoms with Crippen LogP contribution in [-0.2, 0) is 4.29 Å². The third-order valence-electron chi connectivity index (χ3n) is 2.61. The molecule has 0 saturated heterocycles. The zero-order valence-electron chi connectivity index (χ0n) is 10.1. The Bertz CT molecular complexity index is 737. The Morgan fingerprint density at radius 3 is 2.89 bits per heavy atom. The second-order valence-electron chi connectivity index (χ2n) is 3.68.